The molecule has 0 bridgehead atoms. The fraction of sp³-hybridized carbons (Fsp3) is 0.240. The lowest BCUT2D eigenvalue weighted by Gasteiger charge is -2.18. The molecule has 7 nitrogen and oxygen atoms in total. The van der Waals surface area contributed by atoms with E-state index in [2.05, 4.69) is 22.4 Å². The van der Waals surface area contributed by atoms with Crippen molar-refractivity contribution in [3.8, 4) is 11.1 Å². The SMILES string of the molecule is O=Cc1ccnc(C(O)C(O)CCNC(=O)OCC2c3ccccc3-c3ccccc32)c1. The number of fused-ring (bicyclic) bond motifs is 3. The van der Waals surface area contributed by atoms with Gasteiger partial charge in [0.1, 0.15) is 19.0 Å². The van der Waals surface area contributed by atoms with Crippen LogP contribution in [0, 0.1) is 0 Å². The summed E-state index contributed by atoms with van der Waals surface area (Å²) in [7, 11) is 0. The Kier molecular flexibility index (Phi) is 6.58. The molecule has 32 heavy (non-hydrogen) atoms. The Labute approximate surface area is 185 Å². The minimum atomic E-state index is -1.26. The molecule has 0 fully saturated rings. The van der Waals surface area contributed by atoms with Crippen LogP contribution in [0.15, 0.2) is 66.9 Å². The number of aliphatic hydroxyl groups excluding tert-OH is 2. The molecule has 4 rings (SSSR count). The lowest BCUT2D eigenvalue weighted by Crippen LogP contribution is -2.31. The van der Waals surface area contributed by atoms with Crippen LogP contribution in [0.5, 0.6) is 0 Å². The molecule has 0 aliphatic heterocycles. The minimum absolute atomic E-state index is 0.0308. The van der Waals surface area contributed by atoms with E-state index >= 15 is 0 Å². The summed E-state index contributed by atoms with van der Waals surface area (Å²) in [6.07, 6.45) is -0.877. The number of benzene rings is 2. The van der Waals surface area contributed by atoms with Gasteiger partial charge in [0.2, 0.25) is 0 Å². The molecule has 1 aliphatic rings. The van der Waals surface area contributed by atoms with Crippen LogP contribution >= 0.6 is 0 Å². The van der Waals surface area contributed by atoms with Crippen molar-refractivity contribution in [1.29, 1.82) is 0 Å². The third-order valence-electron chi connectivity index (χ3n) is 5.66. The van der Waals surface area contributed by atoms with E-state index in [1.807, 2.05) is 36.4 Å². The molecule has 3 aromatic rings. The van der Waals surface area contributed by atoms with Crippen molar-refractivity contribution in [2.24, 2.45) is 0 Å². The van der Waals surface area contributed by atoms with E-state index < -0.39 is 18.3 Å². The third-order valence-corrected chi connectivity index (χ3v) is 5.66. The van der Waals surface area contributed by atoms with Crippen LogP contribution in [-0.4, -0.2) is 46.8 Å². The van der Waals surface area contributed by atoms with E-state index in [0.717, 1.165) is 22.3 Å². The number of rotatable bonds is 8. The van der Waals surface area contributed by atoms with Gasteiger partial charge in [-0.2, -0.15) is 0 Å². The molecule has 0 saturated heterocycles. The Morgan fingerprint density at radius 3 is 2.38 bits per heavy atom. The average Bonchev–Trinajstić information content (AvgIpc) is 3.16. The number of carbonyl (C=O) groups excluding carboxylic acids is 2. The van der Waals surface area contributed by atoms with Gasteiger partial charge >= 0.3 is 6.09 Å². The summed E-state index contributed by atoms with van der Waals surface area (Å²) in [4.78, 5) is 27.0. The highest BCUT2D eigenvalue weighted by atomic mass is 16.5. The number of aliphatic hydroxyl groups is 2. The Bertz CT molecular complexity index is 1070. The van der Waals surface area contributed by atoms with Crippen LogP contribution in [0.2, 0.25) is 0 Å². The van der Waals surface area contributed by atoms with Gasteiger partial charge in [-0.15, -0.1) is 0 Å². The minimum Gasteiger partial charge on any atom is -0.449 e. The highest BCUT2D eigenvalue weighted by Crippen LogP contribution is 2.44. The standard InChI is InChI=1S/C25H24N2O5/c28-14-16-9-11-26-22(13-16)24(30)23(29)10-12-27-25(31)32-15-21-19-7-3-1-5-17(19)18-6-2-4-8-20(18)21/h1-9,11,13-14,21,23-24,29-30H,10,12,15H2,(H,27,31). The third kappa shape index (κ3) is 4.54. The fourth-order valence-electron chi connectivity index (χ4n) is 4.03. The predicted molar refractivity (Wildman–Crippen MR) is 118 cm³/mol. The van der Waals surface area contributed by atoms with Gasteiger partial charge in [0, 0.05) is 24.2 Å². The summed E-state index contributed by atoms with van der Waals surface area (Å²) in [5.41, 5.74) is 5.12. The zero-order valence-corrected chi connectivity index (χ0v) is 17.3. The van der Waals surface area contributed by atoms with Gasteiger partial charge in [0.05, 0.1) is 11.8 Å². The van der Waals surface area contributed by atoms with Gasteiger partial charge in [-0.25, -0.2) is 4.79 Å². The molecule has 1 aliphatic carbocycles. The highest BCUT2D eigenvalue weighted by molar-refractivity contribution is 5.79. The monoisotopic (exact) mass is 432 g/mol. The second-order valence-corrected chi connectivity index (χ2v) is 7.69. The van der Waals surface area contributed by atoms with E-state index in [9.17, 15) is 19.8 Å². The number of hydrogen-bond donors (Lipinski definition) is 3. The van der Waals surface area contributed by atoms with Crippen LogP contribution in [-0.2, 0) is 4.74 Å². The Morgan fingerprint density at radius 2 is 1.72 bits per heavy atom. The molecule has 0 radical (unpaired) electrons. The molecular formula is C25H24N2O5. The quantitative estimate of drug-likeness (QED) is 0.472. The molecule has 1 amide bonds. The van der Waals surface area contributed by atoms with Gasteiger partial charge in [0.25, 0.3) is 0 Å². The molecule has 2 aromatic carbocycles. The highest BCUT2D eigenvalue weighted by Gasteiger charge is 2.29. The summed E-state index contributed by atoms with van der Waals surface area (Å²) in [5, 5.41) is 23.0. The average molecular weight is 432 g/mol. The smallest absolute Gasteiger partial charge is 0.407 e. The van der Waals surface area contributed by atoms with Gasteiger partial charge < -0.3 is 20.3 Å². The number of amides is 1. The van der Waals surface area contributed by atoms with Crippen molar-refractivity contribution in [2.45, 2.75) is 24.5 Å². The topological polar surface area (TPSA) is 109 Å². The maximum atomic E-state index is 12.2. The predicted octanol–water partition coefficient (Wildman–Crippen LogP) is 3.22. The summed E-state index contributed by atoms with van der Waals surface area (Å²) >= 11 is 0. The lowest BCUT2D eigenvalue weighted by molar-refractivity contribution is 0.0111. The number of alkyl carbamates (subject to hydrolysis) is 1. The fourth-order valence-corrected chi connectivity index (χ4v) is 4.03. The number of pyridine rings is 1. The number of ether oxygens (including phenoxy) is 1. The van der Waals surface area contributed by atoms with E-state index in [1.54, 1.807) is 0 Å². The number of aromatic nitrogens is 1. The number of carbonyl (C=O) groups is 2. The van der Waals surface area contributed by atoms with E-state index in [-0.39, 0.29) is 31.2 Å². The first-order valence-corrected chi connectivity index (χ1v) is 10.4. The van der Waals surface area contributed by atoms with Crippen molar-refractivity contribution >= 4 is 12.4 Å². The van der Waals surface area contributed by atoms with Gasteiger partial charge in [-0.1, -0.05) is 48.5 Å². The first-order valence-electron chi connectivity index (χ1n) is 10.4. The Morgan fingerprint density at radius 1 is 1.06 bits per heavy atom. The van der Waals surface area contributed by atoms with Crippen molar-refractivity contribution in [2.75, 3.05) is 13.2 Å². The lowest BCUT2D eigenvalue weighted by atomic mass is 9.98. The van der Waals surface area contributed by atoms with Crippen molar-refractivity contribution < 1.29 is 24.5 Å². The van der Waals surface area contributed by atoms with E-state index in [4.69, 9.17) is 4.74 Å². The molecule has 2 atom stereocenters. The van der Waals surface area contributed by atoms with Crippen LogP contribution in [0.25, 0.3) is 11.1 Å². The van der Waals surface area contributed by atoms with Gasteiger partial charge in [-0.3, -0.25) is 9.78 Å². The maximum Gasteiger partial charge on any atom is 0.407 e. The number of nitrogens with one attached hydrogen (secondary N) is 1. The summed E-state index contributed by atoms with van der Waals surface area (Å²) < 4.78 is 5.45. The first kappa shape index (κ1) is 21.7. The zero-order chi connectivity index (χ0) is 22.5. The first-order chi connectivity index (χ1) is 15.6. The summed E-state index contributed by atoms with van der Waals surface area (Å²) in [5.74, 6) is -0.0308. The molecule has 1 heterocycles. The number of nitrogens with zero attached hydrogens (tertiary/aromatic N) is 1. The molecule has 7 heteroatoms. The summed E-state index contributed by atoms with van der Waals surface area (Å²) in [6, 6.07) is 19.1. The molecule has 0 saturated carbocycles. The molecule has 164 valence electrons. The Hall–Kier alpha value is -3.55. The van der Waals surface area contributed by atoms with Gasteiger partial charge in [0.15, 0.2) is 0 Å². The van der Waals surface area contributed by atoms with Crippen molar-refractivity contribution in [3.63, 3.8) is 0 Å². The largest absolute Gasteiger partial charge is 0.449 e. The summed E-state index contributed by atoms with van der Waals surface area (Å²) in [6.45, 7) is 0.315. The number of hydrogen-bond acceptors (Lipinski definition) is 6. The van der Waals surface area contributed by atoms with Crippen molar-refractivity contribution in [1.82, 2.24) is 10.3 Å². The maximum absolute atomic E-state index is 12.2. The second-order valence-electron chi connectivity index (χ2n) is 7.69. The van der Waals surface area contributed by atoms with E-state index in [1.165, 1.54) is 18.3 Å². The van der Waals surface area contributed by atoms with Crippen molar-refractivity contribution in [3.05, 3.63) is 89.2 Å². The molecule has 1 aromatic heterocycles. The normalized spacial score (nSPS) is 14.2. The van der Waals surface area contributed by atoms with Crippen LogP contribution in [0.1, 0.15) is 45.6 Å². The molecular weight excluding hydrogens is 408 g/mol. The zero-order valence-electron chi connectivity index (χ0n) is 17.3. The van der Waals surface area contributed by atoms with E-state index in [0.29, 0.717) is 11.8 Å². The van der Waals surface area contributed by atoms with Crippen LogP contribution in [0.4, 0.5) is 4.79 Å². The van der Waals surface area contributed by atoms with Crippen LogP contribution in [0.3, 0.4) is 0 Å². The van der Waals surface area contributed by atoms with Crippen LogP contribution < -0.4 is 5.32 Å². The Balaban J connectivity index is 1.28. The van der Waals surface area contributed by atoms with Gasteiger partial charge in [-0.05, 0) is 40.8 Å². The number of aldehydes is 1. The second kappa shape index (κ2) is 9.72. The molecule has 3 N–H and O–H groups in total. The molecule has 2 unspecified atom stereocenters. The molecule has 0 spiro atoms.